The van der Waals surface area contributed by atoms with Gasteiger partial charge in [-0.25, -0.2) is 9.97 Å². The highest BCUT2D eigenvalue weighted by Crippen LogP contribution is 2.10. The van der Waals surface area contributed by atoms with Crippen LogP contribution >= 0.6 is 0 Å². The summed E-state index contributed by atoms with van der Waals surface area (Å²) in [6, 6.07) is 10.6. The number of aromatic nitrogens is 2. The molecule has 0 bridgehead atoms. The lowest BCUT2D eigenvalue weighted by molar-refractivity contribution is 1.22. The van der Waals surface area contributed by atoms with E-state index in [0.717, 1.165) is 5.39 Å². The molecule has 0 spiro atoms. The second-order valence-corrected chi connectivity index (χ2v) is 2.66. The third-order valence-corrected chi connectivity index (χ3v) is 1.78. The molecule has 0 aliphatic heterocycles. The second-order valence-electron chi connectivity index (χ2n) is 2.66. The standard InChI is InChI=1S/C10H4N4/c11-5-8-3-1-7-2-4-9(6-12)14-10(7)13-8/h1-4H. The van der Waals surface area contributed by atoms with Crippen LogP contribution in [0.3, 0.4) is 0 Å². The van der Waals surface area contributed by atoms with Gasteiger partial charge >= 0.3 is 0 Å². The number of rotatable bonds is 0. The molecule has 4 nitrogen and oxygen atoms in total. The monoisotopic (exact) mass is 180 g/mol. The molecule has 2 rings (SSSR count). The lowest BCUT2D eigenvalue weighted by Gasteiger charge is -1.95. The summed E-state index contributed by atoms with van der Waals surface area (Å²) < 4.78 is 0. The van der Waals surface area contributed by atoms with E-state index in [9.17, 15) is 0 Å². The molecule has 0 unspecified atom stereocenters. The summed E-state index contributed by atoms with van der Waals surface area (Å²) in [5.74, 6) is 0. The zero-order valence-electron chi connectivity index (χ0n) is 7.10. The highest BCUT2D eigenvalue weighted by atomic mass is 14.9. The molecule has 64 valence electrons. The third-order valence-electron chi connectivity index (χ3n) is 1.78. The van der Waals surface area contributed by atoms with Crippen LogP contribution in [-0.4, -0.2) is 9.97 Å². The lowest BCUT2D eigenvalue weighted by Crippen LogP contribution is -1.89. The van der Waals surface area contributed by atoms with Gasteiger partial charge in [0.25, 0.3) is 0 Å². The fourth-order valence-electron chi connectivity index (χ4n) is 1.12. The van der Waals surface area contributed by atoms with Crippen molar-refractivity contribution in [3.05, 3.63) is 35.7 Å². The van der Waals surface area contributed by atoms with Crippen LogP contribution in [0.5, 0.6) is 0 Å². The van der Waals surface area contributed by atoms with Gasteiger partial charge in [-0.15, -0.1) is 0 Å². The Bertz CT molecular complexity index is 526. The average molecular weight is 180 g/mol. The van der Waals surface area contributed by atoms with Crippen LogP contribution in [0.4, 0.5) is 0 Å². The van der Waals surface area contributed by atoms with E-state index in [1.165, 1.54) is 0 Å². The molecule has 0 radical (unpaired) electrons. The van der Waals surface area contributed by atoms with Gasteiger partial charge in [0, 0.05) is 5.39 Å². The van der Waals surface area contributed by atoms with Crippen molar-refractivity contribution in [2.75, 3.05) is 0 Å². The van der Waals surface area contributed by atoms with Crippen LogP contribution < -0.4 is 0 Å². The summed E-state index contributed by atoms with van der Waals surface area (Å²) in [5.41, 5.74) is 1.04. The van der Waals surface area contributed by atoms with Crippen LogP contribution in [0.15, 0.2) is 24.3 Å². The van der Waals surface area contributed by atoms with Gasteiger partial charge < -0.3 is 0 Å². The van der Waals surface area contributed by atoms with E-state index in [1.54, 1.807) is 24.3 Å². The minimum absolute atomic E-state index is 0.306. The first-order valence-corrected chi connectivity index (χ1v) is 3.91. The molecule has 14 heavy (non-hydrogen) atoms. The maximum absolute atomic E-state index is 8.62. The SMILES string of the molecule is N#Cc1ccc2ccc(C#N)nc2n1. The number of pyridine rings is 2. The molecule has 4 heteroatoms. The maximum Gasteiger partial charge on any atom is 0.162 e. The van der Waals surface area contributed by atoms with Crippen molar-refractivity contribution >= 4 is 11.0 Å². The van der Waals surface area contributed by atoms with Crippen molar-refractivity contribution < 1.29 is 0 Å². The highest BCUT2D eigenvalue weighted by molar-refractivity contribution is 5.75. The quantitative estimate of drug-likeness (QED) is 0.613. The first-order chi connectivity index (χ1) is 6.83. The van der Waals surface area contributed by atoms with Gasteiger partial charge in [0.15, 0.2) is 5.65 Å². The predicted molar refractivity (Wildman–Crippen MR) is 49.0 cm³/mol. The van der Waals surface area contributed by atoms with Gasteiger partial charge in [0.1, 0.15) is 23.5 Å². The van der Waals surface area contributed by atoms with Crippen LogP contribution in [-0.2, 0) is 0 Å². The minimum atomic E-state index is 0.306. The van der Waals surface area contributed by atoms with Crippen molar-refractivity contribution in [2.24, 2.45) is 0 Å². The lowest BCUT2D eigenvalue weighted by atomic mass is 10.2. The Morgan fingerprint density at radius 2 is 1.36 bits per heavy atom. The summed E-state index contributed by atoms with van der Waals surface area (Å²) in [6.07, 6.45) is 0. The van der Waals surface area contributed by atoms with E-state index in [1.807, 2.05) is 12.1 Å². The van der Waals surface area contributed by atoms with Crippen LogP contribution in [0.1, 0.15) is 11.4 Å². The zero-order chi connectivity index (χ0) is 9.97. The van der Waals surface area contributed by atoms with Gasteiger partial charge in [0.05, 0.1) is 0 Å². The Kier molecular flexibility index (Phi) is 1.82. The number of hydrogen-bond donors (Lipinski definition) is 0. The van der Waals surface area contributed by atoms with Crippen LogP contribution in [0.2, 0.25) is 0 Å². The molecule has 2 aromatic heterocycles. The van der Waals surface area contributed by atoms with E-state index in [0.29, 0.717) is 17.0 Å². The van der Waals surface area contributed by atoms with E-state index in [-0.39, 0.29) is 0 Å². The fourth-order valence-corrected chi connectivity index (χ4v) is 1.12. The van der Waals surface area contributed by atoms with Crippen LogP contribution in [0, 0.1) is 22.7 Å². The Hall–Kier alpha value is -2.46. The van der Waals surface area contributed by atoms with Gasteiger partial charge in [-0.3, -0.25) is 0 Å². The highest BCUT2D eigenvalue weighted by Gasteiger charge is 1.99. The average Bonchev–Trinajstić information content (AvgIpc) is 2.27. The molecule has 0 saturated carbocycles. The minimum Gasteiger partial charge on any atom is -0.217 e. The van der Waals surface area contributed by atoms with E-state index >= 15 is 0 Å². The van der Waals surface area contributed by atoms with Crippen molar-refractivity contribution in [1.29, 1.82) is 10.5 Å². The van der Waals surface area contributed by atoms with Crippen molar-refractivity contribution in [1.82, 2.24) is 9.97 Å². The van der Waals surface area contributed by atoms with Gasteiger partial charge in [-0.1, -0.05) is 0 Å². The van der Waals surface area contributed by atoms with Gasteiger partial charge in [0.2, 0.25) is 0 Å². The third kappa shape index (κ3) is 1.26. The largest absolute Gasteiger partial charge is 0.217 e. The molecule has 0 aliphatic carbocycles. The first-order valence-electron chi connectivity index (χ1n) is 3.91. The molecule has 0 fully saturated rings. The normalized spacial score (nSPS) is 9.29. The smallest absolute Gasteiger partial charge is 0.162 e. The molecule has 0 saturated heterocycles. The topological polar surface area (TPSA) is 73.4 Å². The van der Waals surface area contributed by atoms with E-state index < -0.39 is 0 Å². The molecule has 2 heterocycles. The van der Waals surface area contributed by atoms with Gasteiger partial charge in [-0.05, 0) is 24.3 Å². The fraction of sp³-hybridized carbons (Fsp3) is 0. The molecular formula is C10H4N4. The first kappa shape index (κ1) is 8.15. The van der Waals surface area contributed by atoms with E-state index in [2.05, 4.69) is 9.97 Å². The molecule has 2 aromatic rings. The van der Waals surface area contributed by atoms with E-state index in [4.69, 9.17) is 10.5 Å². The predicted octanol–water partition coefficient (Wildman–Crippen LogP) is 1.37. The zero-order valence-corrected chi connectivity index (χ0v) is 7.10. The molecule has 0 N–H and O–H groups in total. The molecule has 0 aliphatic rings. The second kappa shape index (κ2) is 3.12. The van der Waals surface area contributed by atoms with Crippen molar-refractivity contribution in [3.8, 4) is 12.1 Å². The number of fused-ring (bicyclic) bond motifs is 1. The Balaban J connectivity index is 2.75. The maximum atomic E-state index is 8.62. The van der Waals surface area contributed by atoms with Crippen LogP contribution in [0.25, 0.3) is 11.0 Å². The summed E-state index contributed by atoms with van der Waals surface area (Å²) >= 11 is 0. The Labute approximate surface area is 80.1 Å². The van der Waals surface area contributed by atoms with Gasteiger partial charge in [-0.2, -0.15) is 10.5 Å². The summed E-state index contributed by atoms with van der Waals surface area (Å²) in [4.78, 5) is 7.96. The number of hydrogen-bond acceptors (Lipinski definition) is 4. The Morgan fingerprint density at radius 1 is 0.857 bits per heavy atom. The number of nitriles is 2. The van der Waals surface area contributed by atoms with Crippen molar-refractivity contribution in [2.45, 2.75) is 0 Å². The molecular weight excluding hydrogens is 176 g/mol. The molecule has 0 aromatic carbocycles. The Morgan fingerprint density at radius 3 is 1.79 bits per heavy atom. The summed E-state index contributed by atoms with van der Waals surface area (Å²) in [5, 5.41) is 18.1. The molecule has 0 amide bonds. The summed E-state index contributed by atoms with van der Waals surface area (Å²) in [6.45, 7) is 0. The molecule has 0 atom stereocenters. The number of nitrogens with zero attached hydrogens (tertiary/aromatic N) is 4. The van der Waals surface area contributed by atoms with Crippen molar-refractivity contribution in [3.63, 3.8) is 0 Å². The summed E-state index contributed by atoms with van der Waals surface area (Å²) in [7, 11) is 0.